The molecule has 1 aromatic carbocycles. The lowest BCUT2D eigenvalue weighted by Crippen LogP contribution is -2.30. The normalized spacial score (nSPS) is 21.8. The Hall–Kier alpha value is -1.59. The Morgan fingerprint density at radius 3 is 3.13 bits per heavy atom. The number of amides is 1. The average Bonchev–Trinajstić information content (AvgIpc) is 3.06. The molecule has 1 fully saturated rings. The second-order valence-electron chi connectivity index (χ2n) is 6.47. The van der Waals surface area contributed by atoms with E-state index in [1.165, 1.54) is 11.3 Å². The summed E-state index contributed by atoms with van der Waals surface area (Å²) < 4.78 is 11.2. The number of hydrogen-bond donors (Lipinski definition) is 1. The molecule has 1 amide bonds. The summed E-state index contributed by atoms with van der Waals surface area (Å²) in [5.41, 5.74) is 3.40. The molecule has 5 heteroatoms. The average molecular weight is 318 g/mol. The number of aryl methyl sites for hydroxylation is 1. The largest absolute Gasteiger partial charge is 0.376 e. The summed E-state index contributed by atoms with van der Waals surface area (Å²) in [6.07, 6.45) is 3.99. The highest BCUT2D eigenvalue weighted by Crippen LogP contribution is 2.28. The maximum absolute atomic E-state index is 12.3. The van der Waals surface area contributed by atoms with E-state index in [9.17, 15) is 4.79 Å². The molecule has 2 aliphatic rings. The smallest absolute Gasteiger partial charge is 0.253 e. The predicted molar refractivity (Wildman–Crippen MR) is 91.1 cm³/mol. The summed E-state index contributed by atoms with van der Waals surface area (Å²) >= 11 is 0. The summed E-state index contributed by atoms with van der Waals surface area (Å²) in [5, 5.41) is 2.96. The number of rotatable bonds is 5. The number of hydrogen-bond acceptors (Lipinski definition) is 4. The minimum absolute atomic E-state index is 0.105. The lowest BCUT2D eigenvalue weighted by molar-refractivity contribution is -0.128. The van der Waals surface area contributed by atoms with Gasteiger partial charge < -0.3 is 19.7 Å². The van der Waals surface area contributed by atoms with Crippen LogP contribution in [0.3, 0.4) is 0 Å². The van der Waals surface area contributed by atoms with Crippen molar-refractivity contribution in [2.75, 3.05) is 37.0 Å². The monoisotopic (exact) mass is 318 g/mol. The van der Waals surface area contributed by atoms with Crippen molar-refractivity contribution >= 4 is 17.3 Å². The van der Waals surface area contributed by atoms with Gasteiger partial charge in [0.25, 0.3) is 5.91 Å². The molecule has 0 aromatic heterocycles. The van der Waals surface area contributed by atoms with Crippen molar-refractivity contribution in [1.82, 2.24) is 0 Å². The van der Waals surface area contributed by atoms with Crippen LogP contribution in [0.2, 0.25) is 0 Å². The number of carbonyl (C=O) groups excluding carboxylic acids is 1. The maximum Gasteiger partial charge on any atom is 0.253 e. The van der Waals surface area contributed by atoms with Crippen LogP contribution in [0.15, 0.2) is 18.2 Å². The van der Waals surface area contributed by atoms with Gasteiger partial charge in [0.15, 0.2) is 0 Å². The molecule has 1 N–H and O–H groups in total. The summed E-state index contributed by atoms with van der Waals surface area (Å²) in [4.78, 5) is 14.5. The van der Waals surface area contributed by atoms with Crippen LogP contribution in [0.1, 0.15) is 31.7 Å². The molecule has 5 nitrogen and oxygen atoms in total. The molecule has 0 spiro atoms. The van der Waals surface area contributed by atoms with Crippen LogP contribution in [-0.2, 0) is 20.7 Å². The highest BCUT2D eigenvalue weighted by molar-refractivity contribution is 5.94. The third-order valence-corrected chi connectivity index (χ3v) is 4.62. The zero-order valence-electron chi connectivity index (χ0n) is 14.0. The van der Waals surface area contributed by atoms with Gasteiger partial charge in [-0.2, -0.15) is 0 Å². The Morgan fingerprint density at radius 2 is 2.35 bits per heavy atom. The van der Waals surface area contributed by atoms with Crippen molar-refractivity contribution in [3.8, 4) is 0 Å². The number of nitrogens with one attached hydrogen (secondary N) is 1. The second kappa shape index (κ2) is 7.32. The number of nitrogens with zero attached hydrogens (tertiary/aromatic N) is 1. The number of ether oxygens (including phenoxy) is 2. The van der Waals surface area contributed by atoms with Crippen molar-refractivity contribution in [3.63, 3.8) is 0 Å². The zero-order chi connectivity index (χ0) is 16.2. The van der Waals surface area contributed by atoms with Crippen molar-refractivity contribution in [2.24, 2.45) is 0 Å². The van der Waals surface area contributed by atoms with Crippen LogP contribution < -0.4 is 10.2 Å². The minimum atomic E-state index is -0.474. The van der Waals surface area contributed by atoms with E-state index in [1.54, 1.807) is 6.92 Å². The maximum atomic E-state index is 12.3. The fourth-order valence-corrected chi connectivity index (χ4v) is 3.21. The van der Waals surface area contributed by atoms with Crippen LogP contribution in [-0.4, -0.2) is 44.9 Å². The molecular weight excluding hydrogens is 292 g/mol. The molecule has 126 valence electrons. The van der Waals surface area contributed by atoms with Crippen molar-refractivity contribution in [3.05, 3.63) is 23.8 Å². The Balaban J connectivity index is 1.54. The van der Waals surface area contributed by atoms with E-state index in [0.717, 1.165) is 44.5 Å². The first-order valence-electron chi connectivity index (χ1n) is 8.51. The molecule has 1 aromatic rings. The van der Waals surface area contributed by atoms with Gasteiger partial charge in [0.05, 0.1) is 12.7 Å². The second-order valence-corrected chi connectivity index (χ2v) is 6.47. The van der Waals surface area contributed by atoms with Crippen LogP contribution in [0, 0.1) is 0 Å². The van der Waals surface area contributed by atoms with E-state index in [2.05, 4.69) is 29.4 Å². The first kappa shape index (κ1) is 16.3. The number of anilines is 2. The topological polar surface area (TPSA) is 50.8 Å². The third kappa shape index (κ3) is 4.03. The van der Waals surface area contributed by atoms with E-state index >= 15 is 0 Å². The summed E-state index contributed by atoms with van der Waals surface area (Å²) in [6, 6.07) is 6.13. The number of benzene rings is 1. The fraction of sp³-hybridized carbons (Fsp3) is 0.611. The van der Waals surface area contributed by atoms with Crippen LogP contribution in [0.25, 0.3) is 0 Å². The molecule has 0 aliphatic carbocycles. The third-order valence-electron chi connectivity index (χ3n) is 4.62. The molecule has 0 unspecified atom stereocenters. The van der Waals surface area contributed by atoms with Crippen LogP contribution in [0.4, 0.5) is 11.4 Å². The Labute approximate surface area is 137 Å². The highest BCUT2D eigenvalue weighted by atomic mass is 16.5. The summed E-state index contributed by atoms with van der Waals surface area (Å²) in [7, 11) is 2.11. The van der Waals surface area contributed by atoms with E-state index in [-0.39, 0.29) is 12.0 Å². The SMILES string of the molecule is C[C@H](OC[C@@H]1CCCO1)C(=O)Nc1ccc2c(c1)CCCN2C. The first-order chi connectivity index (χ1) is 11.1. The molecule has 0 bridgehead atoms. The number of carbonyl (C=O) groups is 1. The molecule has 2 aliphatic heterocycles. The van der Waals surface area contributed by atoms with Crippen molar-refractivity contribution in [2.45, 2.75) is 44.8 Å². The lowest BCUT2D eigenvalue weighted by atomic mass is 10.0. The van der Waals surface area contributed by atoms with E-state index in [0.29, 0.717) is 6.61 Å². The van der Waals surface area contributed by atoms with Crippen molar-refractivity contribution in [1.29, 1.82) is 0 Å². The molecule has 23 heavy (non-hydrogen) atoms. The molecule has 3 rings (SSSR count). The summed E-state index contributed by atoms with van der Waals surface area (Å²) in [5.74, 6) is -0.105. The molecule has 2 heterocycles. The predicted octanol–water partition coefficient (Wildman–Crippen LogP) is 2.59. The van der Waals surface area contributed by atoms with Crippen molar-refractivity contribution < 1.29 is 14.3 Å². The molecule has 0 radical (unpaired) electrons. The van der Waals surface area contributed by atoms with Gasteiger partial charge in [-0.1, -0.05) is 0 Å². The quantitative estimate of drug-likeness (QED) is 0.906. The van der Waals surface area contributed by atoms with Gasteiger partial charge >= 0.3 is 0 Å². The Bertz CT molecular complexity index is 555. The Kier molecular flexibility index (Phi) is 5.18. The van der Waals surface area contributed by atoms with E-state index < -0.39 is 6.10 Å². The molecule has 1 saturated heterocycles. The highest BCUT2D eigenvalue weighted by Gasteiger charge is 2.20. The van der Waals surface area contributed by atoms with Crippen LogP contribution in [0.5, 0.6) is 0 Å². The van der Waals surface area contributed by atoms with Crippen LogP contribution >= 0.6 is 0 Å². The molecule has 0 saturated carbocycles. The summed E-state index contributed by atoms with van der Waals surface area (Å²) in [6.45, 7) is 4.17. The lowest BCUT2D eigenvalue weighted by Gasteiger charge is -2.28. The first-order valence-corrected chi connectivity index (χ1v) is 8.51. The standard InChI is InChI=1S/C18H26N2O3/c1-13(23-12-16-6-4-10-22-16)18(21)19-15-7-8-17-14(11-15)5-3-9-20(17)2/h7-8,11,13,16H,3-6,9-10,12H2,1-2H3,(H,19,21)/t13-,16-/m0/s1. The van der Waals surface area contributed by atoms with E-state index in [1.807, 2.05) is 6.07 Å². The van der Waals surface area contributed by atoms with E-state index in [4.69, 9.17) is 9.47 Å². The van der Waals surface area contributed by atoms with Gasteiger partial charge in [0.2, 0.25) is 0 Å². The minimum Gasteiger partial charge on any atom is -0.376 e. The van der Waals surface area contributed by atoms with Gasteiger partial charge in [-0.25, -0.2) is 0 Å². The van der Waals surface area contributed by atoms with Gasteiger partial charge in [-0.05, 0) is 56.4 Å². The van der Waals surface area contributed by atoms with Gasteiger partial charge in [-0.15, -0.1) is 0 Å². The van der Waals surface area contributed by atoms with Gasteiger partial charge in [0.1, 0.15) is 6.10 Å². The van der Waals surface area contributed by atoms with Gasteiger partial charge in [-0.3, -0.25) is 4.79 Å². The molecular formula is C18H26N2O3. The number of fused-ring (bicyclic) bond motifs is 1. The Morgan fingerprint density at radius 1 is 1.48 bits per heavy atom. The molecule has 2 atom stereocenters. The fourth-order valence-electron chi connectivity index (χ4n) is 3.21. The van der Waals surface area contributed by atoms with Gasteiger partial charge in [0, 0.05) is 31.6 Å². The zero-order valence-corrected chi connectivity index (χ0v) is 14.0.